The van der Waals surface area contributed by atoms with Gasteiger partial charge >= 0.3 is 5.97 Å². The van der Waals surface area contributed by atoms with Gasteiger partial charge in [0.1, 0.15) is 17.4 Å². The van der Waals surface area contributed by atoms with E-state index < -0.39 is 0 Å². The lowest BCUT2D eigenvalue weighted by Gasteiger charge is -2.06. The Morgan fingerprint density at radius 2 is 1.93 bits per heavy atom. The molecular weight excluding hydrogens is 423 g/mol. The van der Waals surface area contributed by atoms with Crippen LogP contribution in [0.1, 0.15) is 22.7 Å². The van der Waals surface area contributed by atoms with Crippen molar-refractivity contribution < 1.29 is 18.7 Å². The largest absolute Gasteiger partial charge is 0.459 e. The highest BCUT2D eigenvalue weighted by atomic mass is 32.2. The molecule has 0 fully saturated rings. The molecule has 0 aliphatic carbocycles. The van der Waals surface area contributed by atoms with E-state index in [1.807, 2.05) is 31.2 Å². The molecule has 0 unspecified atom stereocenters. The summed E-state index contributed by atoms with van der Waals surface area (Å²) in [5.41, 5.74) is 2.40. The molecule has 156 valence electrons. The molecule has 0 saturated carbocycles. The summed E-state index contributed by atoms with van der Waals surface area (Å²) in [7, 11) is 0. The van der Waals surface area contributed by atoms with Crippen molar-refractivity contribution in [1.29, 1.82) is 0 Å². The number of carbonyl (C=O) groups is 2. The lowest BCUT2D eigenvalue weighted by molar-refractivity contribution is -0.144. The zero-order valence-corrected chi connectivity index (χ0v) is 18.0. The number of rotatable bonds is 9. The normalized spacial score (nSPS) is 10.6. The average Bonchev–Trinajstić information content (AvgIpc) is 3.17. The summed E-state index contributed by atoms with van der Waals surface area (Å²) < 4.78 is 18.1. The first-order valence-corrected chi connectivity index (χ1v) is 11.2. The number of para-hydroxylation sites is 1. The standard InChI is InChI=1S/C22H21FN2O3S2/c1-15-4-2-3-5-19(15)25-20(26)12-21-24-17(14-30-21)13-28-22(27)10-11-29-18-8-6-16(23)7-9-18/h2-9,14H,10-13H2,1H3,(H,25,26). The molecule has 0 aliphatic heterocycles. The number of anilines is 1. The number of thiazole rings is 1. The zero-order valence-electron chi connectivity index (χ0n) is 16.4. The quantitative estimate of drug-likeness (QED) is 0.372. The highest BCUT2D eigenvalue weighted by Gasteiger charge is 2.11. The van der Waals surface area contributed by atoms with Crippen LogP contribution >= 0.6 is 23.1 Å². The van der Waals surface area contributed by atoms with E-state index in [0.717, 1.165) is 16.1 Å². The Kier molecular flexibility index (Phi) is 7.98. The van der Waals surface area contributed by atoms with Gasteiger partial charge in [0.15, 0.2) is 0 Å². The van der Waals surface area contributed by atoms with Gasteiger partial charge in [-0.2, -0.15) is 0 Å². The third-order valence-corrected chi connectivity index (χ3v) is 6.01. The first-order chi connectivity index (χ1) is 14.5. The molecule has 0 spiro atoms. The third-order valence-electron chi connectivity index (χ3n) is 4.10. The van der Waals surface area contributed by atoms with Crippen LogP contribution in [0.5, 0.6) is 0 Å². The number of ether oxygens (including phenoxy) is 1. The molecule has 0 atom stereocenters. The summed E-state index contributed by atoms with van der Waals surface area (Å²) in [6.07, 6.45) is 0.416. The van der Waals surface area contributed by atoms with Crippen molar-refractivity contribution in [1.82, 2.24) is 4.98 Å². The second kappa shape index (κ2) is 10.9. The van der Waals surface area contributed by atoms with E-state index in [4.69, 9.17) is 4.74 Å². The summed E-state index contributed by atoms with van der Waals surface area (Å²) in [4.78, 5) is 29.4. The van der Waals surface area contributed by atoms with E-state index in [1.165, 1.54) is 35.2 Å². The van der Waals surface area contributed by atoms with Gasteiger partial charge in [0, 0.05) is 21.7 Å². The molecule has 0 saturated heterocycles. The molecule has 0 aliphatic rings. The lowest BCUT2D eigenvalue weighted by atomic mass is 10.2. The second-order valence-electron chi connectivity index (χ2n) is 6.49. The van der Waals surface area contributed by atoms with Crippen molar-refractivity contribution >= 4 is 40.7 Å². The van der Waals surface area contributed by atoms with Crippen LogP contribution in [-0.2, 0) is 27.4 Å². The number of aryl methyl sites for hydroxylation is 1. The Bertz CT molecular complexity index is 1010. The molecule has 0 bridgehead atoms. The molecule has 30 heavy (non-hydrogen) atoms. The predicted octanol–water partition coefficient (Wildman–Crippen LogP) is 5.00. The zero-order chi connectivity index (χ0) is 21.3. The number of hydrogen-bond acceptors (Lipinski definition) is 6. The van der Waals surface area contributed by atoms with Crippen LogP contribution < -0.4 is 5.32 Å². The van der Waals surface area contributed by atoms with E-state index >= 15 is 0 Å². The second-order valence-corrected chi connectivity index (χ2v) is 8.60. The Labute approximate surface area is 182 Å². The number of hydrogen-bond donors (Lipinski definition) is 1. The number of esters is 1. The molecule has 8 heteroatoms. The Hall–Kier alpha value is -2.71. The fraction of sp³-hybridized carbons (Fsp3) is 0.227. The molecule has 3 rings (SSSR count). The van der Waals surface area contributed by atoms with Crippen LogP contribution in [0.3, 0.4) is 0 Å². The topological polar surface area (TPSA) is 68.3 Å². The van der Waals surface area contributed by atoms with Crippen molar-refractivity contribution in [2.45, 2.75) is 31.3 Å². The predicted molar refractivity (Wildman–Crippen MR) is 117 cm³/mol. The van der Waals surface area contributed by atoms with E-state index in [1.54, 1.807) is 17.5 Å². The maximum Gasteiger partial charge on any atom is 0.307 e. The smallest absolute Gasteiger partial charge is 0.307 e. The highest BCUT2D eigenvalue weighted by Crippen LogP contribution is 2.19. The van der Waals surface area contributed by atoms with E-state index in [0.29, 0.717) is 16.5 Å². The minimum atomic E-state index is -0.323. The molecule has 1 N–H and O–H groups in total. The van der Waals surface area contributed by atoms with E-state index in [9.17, 15) is 14.0 Å². The summed E-state index contributed by atoms with van der Waals surface area (Å²) in [6.45, 7) is 2.01. The summed E-state index contributed by atoms with van der Waals surface area (Å²) in [6, 6.07) is 13.7. The monoisotopic (exact) mass is 444 g/mol. The minimum Gasteiger partial charge on any atom is -0.459 e. The number of nitrogens with zero attached hydrogens (tertiary/aromatic N) is 1. The number of benzene rings is 2. The van der Waals surface area contributed by atoms with Gasteiger partial charge in [-0.05, 0) is 42.8 Å². The van der Waals surface area contributed by atoms with Gasteiger partial charge in [0.25, 0.3) is 0 Å². The van der Waals surface area contributed by atoms with Gasteiger partial charge < -0.3 is 10.1 Å². The van der Waals surface area contributed by atoms with Gasteiger partial charge in [-0.25, -0.2) is 9.37 Å². The van der Waals surface area contributed by atoms with Crippen LogP contribution in [0.25, 0.3) is 0 Å². The van der Waals surface area contributed by atoms with Crippen molar-refractivity contribution in [2.75, 3.05) is 11.1 Å². The lowest BCUT2D eigenvalue weighted by Crippen LogP contribution is -2.15. The molecule has 1 heterocycles. The van der Waals surface area contributed by atoms with Crippen LogP contribution in [-0.4, -0.2) is 22.6 Å². The van der Waals surface area contributed by atoms with Gasteiger partial charge in [0.05, 0.1) is 18.5 Å². The van der Waals surface area contributed by atoms with Crippen LogP contribution in [0.2, 0.25) is 0 Å². The number of aromatic nitrogens is 1. The van der Waals surface area contributed by atoms with E-state index in [2.05, 4.69) is 10.3 Å². The fourth-order valence-corrected chi connectivity index (χ4v) is 4.16. The average molecular weight is 445 g/mol. The molecule has 3 aromatic rings. The van der Waals surface area contributed by atoms with Crippen molar-refractivity contribution in [3.8, 4) is 0 Å². The van der Waals surface area contributed by atoms with Crippen molar-refractivity contribution in [3.63, 3.8) is 0 Å². The Morgan fingerprint density at radius 1 is 1.17 bits per heavy atom. The van der Waals surface area contributed by atoms with Crippen molar-refractivity contribution in [3.05, 3.63) is 76.0 Å². The fourth-order valence-electron chi connectivity index (χ4n) is 2.55. The molecule has 2 aromatic carbocycles. The number of carbonyl (C=O) groups excluding carboxylic acids is 2. The van der Waals surface area contributed by atoms with Gasteiger partial charge in [0.2, 0.25) is 5.91 Å². The van der Waals surface area contributed by atoms with Gasteiger partial charge in [-0.15, -0.1) is 23.1 Å². The molecule has 1 amide bonds. The summed E-state index contributed by atoms with van der Waals surface area (Å²) in [5.74, 6) is -0.197. The van der Waals surface area contributed by atoms with Gasteiger partial charge in [-0.3, -0.25) is 9.59 Å². The number of nitrogens with one attached hydrogen (secondary N) is 1. The Morgan fingerprint density at radius 3 is 2.70 bits per heavy atom. The van der Waals surface area contributed by atoms with Crippen LogP contribution in [0.15, 0.2) is 58.8 Å². The van der Waals surface area contributed by atoms with Gasteiger partial charge in [-0.1, -0.05) is 18.2 Å². The SMILES string of the molecule is Cc1ccccc1NC(=O)Cc1nc(COC(=O)CCSc2ccc(F)cc2)cs1. The van der Waals surface area contributed by atoms with Crippen LogP contribution in [0, 0.1) is 12.7 Å². The highest BCUT2D eigenvalue weighted by molar-refractivity contribution is 7.99. The molecule has 0 radical (unpaired) electrons. The number of thioether (sulfide) groups is 1. The third kappa shape index (κ3) is 6.96. The van der Waals surface area contributed by atoms with Crippen molar-refractivity contribution in [2.24, 2.45) is 0 Å². The number of amides is 1. The first-order valence-electron chi connectivity index (χ1n) is 9.32. The maximum atomic E-state index is 12.9. The maximum absolute atomic E-state index is 12.9. The minimum absolute atomic E-state index is 0.0793. The first kappa shape index (κ1) is 22.0. The molecular formula is C22H21FN2O3S2. The number of halogens is 1. The summed E-state index contributed by atoms with van der Waals surface area (Å²) >= 11 is 2.83. The summed E-state index contributed by atoms with van der Waals surface area (Å²) in [5, 5.41) is 5.33. The molecule has 1 aromatic heterocycles. The van der Waals surface area contributed by atoms with E-state index in [-0.39, 0.29) is 37.1 Å². The Balaban J connectivity index is 1.38. The molecule has 5 nitrogen and oxygen atoms in total. The van der Waals surface area contributed by atoms with Crippen LogP contribution in [0.4, 0.5) is 10.1 Å².